The monoisotopic (exact) mass is 437 g/mol. The largest absolute Gasteiger partial charge is 0.347 e. The highest BCUT2D eigenvalue weighted by Gasteiger charge is 2.27. The highest BCUT2D eigenvalue weighted by molar-refractivity contribution is 7.98. The molecule has 8 nitrogen and oxygen atoms in total. The van der Waals surface area contributed by atoms with Gasteiger partial charge in [-0.3, -0.25) is 9.20 Å². The smallest absolute Gasteiger partial charge is 0.244 e. The minimum absolute atomic E-state index is 0.0706. The Morgan fingerprint density at radius 2 is 1.97 bits per heavy atom. The SMILES string of the molecule is CSCCC(NS(=O)(=O)c1ccccc1F)C(=O)NCc1nnc2ccccn12. The molecule has 1 aromatic carbocycles. The second-order valence-corrected chi connectivity index (χ2v) is 8.82. The van der Waals surface area contributed by atoms with E-state index in [1.165, 1.54) is 23.9 Å². The van der Waals surface area contributed by atoms with E-state index >= 15 is 0 Å². The van der Waals surface area contributed by atoms with E-state index in [0.717, 1.165) is 12.1 Å². The zero-order valence-corrected chi connectivity index (χ0v) is 17.2. The molecule has 0 aliphatic heterocycles. The van der Waals surface area contributed by atoms with Gasteiger partial charge in [0.25, 0.3) is 0 Å². The molecule has 29 heavy (non-hydrogen) atoms. The van der Waals surface area contributed by atoms with E-state index in [1.807, 2.05) is 18.4 Å². The number of rotatable bonds is 9. The first kappa shape index (κ1) is 21.2. The van der Waals surface area contributed by atoms with Crippen molar-refractivity contribution in [2.24, 2.45) is 0 Å². The molecule has 0 saturated carbocycles. The molecule has 0 fully saturated rings. The highest BCUT2D eigenvalue weighted by atomic mass is 32.2. The normalized spacial score (nSPS) is 12.8. The van der Waals surface area contributed by atoms with E-state index in [1.54, 1.807) is 16.7 Å². The number of thioether (sulfide) groups is 1. The molecule has 11 heteroatoms. The number of carbonyl (C=O) groups excluding carboxylic acids is 1. The zero-order chi connectivity index (χ0) is 20.9. The fraction of sp³-hybridized carbons (Fsp3) is 0.278. The lowest BCUT2D eigenvalue weighted by molar-refractivity contribution is -0.122. The standard InChI is InChI=1S/C18H20FN5O3S2/c1-28-11-9-14(23-29(26,27)15-7-3-2-6-13(15)19)18(25)20-12-17-22-21-16-8-4-5-10-24(16)17/h2-8,10,14,23H,9,11-12H2,1H3,(H,20,25). The van der Waals surface area contributed by atoms with Crippen molar-refractivity contribution in [3.05, 3.63) is 60.3 Å². The van der Waals surface area contributed by atoms with Gasteiger partial charge in [-0.2, -0.15) is 16.5 Å². The van der Waals surface area contributed by atoms with Gasteiger partial charge in [-0.05, 0) is 42.7 Å². The maximum Gasteiger partial charge on any atom is 0.244 e. The predicted molar refractivity (Wildman–Crippen MR) is 108 cm³/mol. The van der Waals surface area contributed by atoms with Crippen LogP contribution < -0.4 is 10.0 Å². The Bertz CT molecular complexity index is 1100. The average molecular weight is 438 g/mol. The summed E-state index contributed by atoms with van der Waals surface area (Å²) >= 11 is 1.47. The van der Waals surface area contributed by atoms with Gasteiger partial charge in [0, 0.05) is 6.20 Å². The Labute approximate surface area is 172 Å². The van der Waals surface area contributed by atoms with Crippen molar-refractivity contribution in [2.45, 2.75) is 23.9 Å². The molecule has 0 radical (unpaired) electrons. The summed E-state index contributed by atoms with van der Waals surface area (Å²) in [7, 11) is -4.20. The van der Waals surface area contributed by atoms with Crippen LogP contribution in [0.4, 0.5) is 4.39 Å². The molecule has 0 aliphatic carbocycles. The maximum absolute atomic E-state index is 13.9. The summed E-state index contributed by atoms with van der Waals surface area (Å²) in [6, 6.07) is 9.40. The Morgan fingerprint density at radius 3 is 2.72 bits per heavy atom. The number of nitrogens with zero attached hydrogens (tertiary/aromatic N) is 3. The number of aromatic nitrogens is 3. The van der Waals surface area contributed by atoms with Gasteiger partial charge in [0.15, 0.2) is 11.5 Å². The van der Waals surface area contributed by atoms with Crippen LogP contribution in [0, 0.1) is 5.82 Å². The first-order valence-corrected chi connectivity index (χ1v) is 11.6. The van der Waals surface area contributed by atoms with E-state index in [0.29, 0.717) is 17.2 Å². The molecule has 0 saturated heterocycles. The molecule has 1 unspecified atom stereocenters. The molecule has 3 rings (SSSR count). The summed E-state index contributed by atoms with van der Waals surface area (Å²) in [4.78, 5) is 12.2. The molecule has 0 aliphatic rings. The minimum atomic E-state index is -4.20. The van der Waals surface area contributed by atoms with Gasteiger partial charge in [0.05, 0.1) is 6.54 Å². The van der Waals surface area contributed by atoms with Crippen LogP contribution in [0.2, 0.25) is 0 Å². The van der Waals surface area contributed by atoms with E-state index in [4.69, 9.17) is 0 Å². The number of halogens is 1. The molecule has 3 aromatic rings. The molecular formula is C18H20FN5O3S2. The van der Waals surface area contributed by atoms with Crippen LogP contribution in [-0.4, -0.2) is 47.0 Å². The van der Waals surface area contributed by atoms with Crippen LogP contribution in [0.15, 0.2) is 53.6 Å². The molecule has 1 atom stereocenters. The quantitative estimate of drug-likeness (QED) is 0.527. The average Bonchev–Trinajstić information content (AvgIpc) is 3.12. The lowest BCUT2D eigenvalue weighted by Crippen LogP contribution is -2.47. The topological polar surface area (TPSA) is 105 Å². The van der Waals surface area contributed by atoms with Crippen LogP contribution in [0.25, 0.3) is 5.65 Å². The van der Waals surface area contributed by atoms with E-state index < -0.39 is 32.7 Å². The van der Waals surface area contributed by atoms with Crippen molar-refractivity contribution in [1.29, 1.82) is 0 Å². The van der Waals surface area contributed by atoms with Crippen LogP contribution in [0.3, 0.4) is 0 Å². The Balaban J connectivity index is 1.73. The fourth-order valence-electron chi connectivity index (χ4n) is 2.69. The first-order chi connectivity index (χ1) is 13.9. The number of hydrogen-bond donors (Lipinski definition) is 2. The van der Waals surface area contributed by atoms with E-state index in [-0.39, 0.29) is 13.0 Å². The molecule has 1 amide bonds. The molecule has 2 N–H and O–H groups in total. The summed E-state index contributed by atoms with van der Waals surface area (Å²) in [5, 5.41) is 10.7. The van der Waals surface area contributed by atoms with Crippen molar-refractivity contribution in [2.75, 3.05) is 12.0 Å². The van der Waals surface area contributed by atoms with Crippen molar-refractivity contribution in [3.63, 3.8) is 0 Å². The van der Waals surface area contributed by atoms with E-state index in [9.17, 15) is 17.6 Å². The van der Waals surface area contributed by atoms with Crippen molar-refractivity contribution < 1.29 is 17.6 Å². The fourth-order valence-corrected chi connectivity index (χ4v) is 4.47. The van der Waals surface area contributed by atoms with Crippen LogP contribution >= 0.6 is 11.8 Å². The third-order valence-electron chi connectivity index (χ3n) is 4.16. The second kappa shape index (κ2) is 9.33. The molecule has 0 spiro atoms. The number of benzene rings is 1. The summed E-state index contributed by atoms with van der Waals surface area (Å²) in [6.45, 7) is 0.0706. The van der Waals surface area contributed by atoms with Gasteiger partial charge < -0.3 is 5.32 Å². The van der Waals surface area contributed by atoms with Crippen LogP contribution in [-0.2, 0) is 21.4 Å². The Kier molecular flexibility index (Phi) is 6.83. The van der Waals surface area contributed by atoms with Gasteiger partial charge in [-0.1, -0.05) is 18.2 Å². The van der Waals surface area contributed by atoms with Gasteiger partial charge >= 0.3 is 0 Å². The van der Waals surface area contributed by atoms with Crippen molar-refractivity contribution >= 4 is 33.3 Å². The molecule has 0 bridgehead atoms. The lowest BCUT2D eigenvalue weighted by atomic mass is 10.2. The number of nitrogens with one attached hydrogen (secondary N) is 2. The second-order valence-electron chi connectivity index (χ2n) is 6.15. The number of pyridine rings is 1. The number of fused-ring (bicyclic) bond motifs is 1. The van der Waals surface area contributed by atoms with Crippen molar-refractivity contribution in [1.82, 2.24) is 24.6 Å². The lowest BCUT2D eigenvalue weighted by Gasteiger charge is -2.18. The summed E-state index contributed by atoms with van der Waals surface area (Å²) < 4.78 is 43.1. The molecule has 2 heterocycles. The number of amides is 1. The molecule has 2 aromatic heterocycles. The summed E-state index contributed by atoms with van der Waals surface area (Å²) in [5.41, 5.74) is 0.635. The van der Waals surface area contributed by atoms with Gasteiger partial charge in [0.1, 0.15) is 16.8 Å². The summed E-state index contributed by atoms with van der Waals surface area (Å²) in [6.07, 6.45) is 3.87. The Hall–Kier alpha value is -2.50. The highest BCUT2D eigenvalue weighted by Crippen LogP contribution is 2.15. The number of carbonyl (C=O) groups is 1. The first-order valence-electron chi connectivity index (χ1n) is 8.74. The van der Waals surface area contributed by atoms with Gasteiger partial charge in [-0.25, -0.2) is 12.8 Å². The zero-order valence-electron chi connectivity index (χ0n) is 15.6. The van der Waals surface area contributed by atoms with Crippen LogP contribution in [0.1, 0.15) is 12.2 Å². The molecular weight excluding hydrogens is 417 g/mol. The number of hydrogen-bond acceptors (Lipinski definition) is 6. The van der Waals surface area contributed by atoms with Crippen LogP contribution in [0.5, 0.6) is 0 Å². The van der Waals surface area contributed by atoms with Gasteiger partial charge in [-0.15, -0.1) is 10.2 Å². The summed E-state index contributed by atoms with van der Waals surface area (Å²) in [5.74, 6) is -0.341. The number of sulfonamides is 1. The van der Waals surface area contributed by atoms with E-state index in [2.05, 4.69) is 20.2 Å². The van der Waals surface area contributed by atoms with Crippen molar-refractivity contribution in [3.8, 4) is 0 Å². The predicted octanol–water partition coefficient (Wildman–Crippen LogP) is 1.58. The Morgan fingerprint density at radius 1 is 1.21 bits per heavy atom. The third kappa shape index (κ3) is 5.11. The molecule has 154 valence electrons. The minimum Gasteiger partial charge on any atom is -0.347 e. The third-order valence-corrected chi connectivity index (χ3v) is 6.30. The van der Waals surface area contributed by atoms with Gasteiger partial charge in [0.2, 0.25) is 15.9 Å². The maximum atomic E-state index is 13.9.